The Hall–Kier alpha value is -2.79. The molecule has 0 bridgehead atoms. The molecule has 3 rings (SSSR count). The standard InChI is InChI=1S/C25H30ClN3O2/c1-4-9-24(30)27-13-12-23-28-21-10-5-6-11-22(21)29(23)14-7-8-15-31-20-16-18(2)25(26)19(3)17-20/h4-6,9-11,16-17H,7-8,12-15H2,1-3H3,(H,27,30)/b9-4+. The van der Waals surface area contributed by atoms with Crippen molar-refractivity contribution in [1.29, 1.82) is 0 Å². The van der Waals surface area contributed by atoms with Crippen molar-refractivity contribution < 1.29 is 9.53 Å². The molecule has 5 nitrogen and oxygen atoms in total. The third-order valence-corrected chi connectivity index (χ3v) is 5.75. The zero-order valence-electron chi connectivity index (χ0n) is 18.5. The summed E-state index contributed by atoms with van der Waals surface area (Å²) in [6.45, 7) is 7.90. The third kappa shape index (κ3) is 6.11. The van der Waals surface area contributed by atoms with Gasteiger partial charge < -0.3 is 14.6 Å². The minimum Gasteiger partial charge on any atom is -0.494 e. The molecule has 0 aliphatic heterocycles. The molecular weight excluding hydrogens is 410 g/mol. The Kier molecular flexibility index (Phi) is 8.13. The predicted molar refractivity (Wildman–Crippen MR) is 127 cm³/mol. The number of carbonyl (C=O) groups excluding carboxylic acids is 1. The van der Waals surface area contributed by atoms with Crippen LogP contribution in [0.2, 0.25) is 5.02 Å². The molecule has 0 unspecified atom stereocenters. The quantitative estimate of drug-likeness (QED) is 0.340. The number of nitrogens with zero attached hydrogens (tertiary/aromatic N) is 2. The van der Waals surface area contributed by atoms with Gasteiger partial charge in [-0.1, -0.05) is 29.8 Å². The first-order valence-electron chi connectivity index (χ1n) is 10.7. The number of para-hydroxylation sites is 2. The minimum absolute atomic E-state index is 0.0741. The average Bonchev–Trinajstić information content (AvgIpc) is 3.09. The molecule has 31 heavy (non-hydrogen) atoms. The Bertz CT molecular complexity index is 1050. The smallest absolute Gasteiger partial charge is 0.243 e. The lowest BCUT2D eigenvalue weighted by Crippen LogP contribution is -2.24. The van der Waals surface area contributed by atoms with Crippen LogP contribution in [0.4, 0.5) is 0 Å². The first-order chi connectivity index (χ1) is 15.0. The molecule has 164 valence electrons. The summed E-state index contributed by atoms with van der Waals surface area (Å²) in [4.78, 5) is 16.4. The van der Waals surface area contributed by atoms with Crippen LogP contribution in [0.5, 0.6) is 5.75 Å². The number of aromatic nitrogens is 2. The van der Waals surface area contributed by atoms with Gasteiger partial charge in [-0.2, -0.15) is 0 Å². The highest BCUT2D eigenvalue weighted by atomic mass is 35.5. The lowest BCUT2D eigenvalue weighted by atomic mass is 10.1. The number of hydrogen-bond acceptors (Lipinski definition) is 3. The Morgan fingerprint density at radius 2 is 1.94 bits per heavy atom. The van der Waals surface area contributed by atoms with E-state index in [0.717, 1.165) is 58.1 Å². The Balaban J connectivity index is 1.57. The van der Waals surface area contributed by atoms with Crippen LogP contribution in [-0.4, -0.2) is 28.6 Å². The van der Waals surface area contributed by atoms with Gasteiger partial charge in [0.25, 0.3) is 0 Å². The molecule has 1 heterocycles. The fraction of sp³-hybridized carbons (Fsp3) is 0.360. The summed E-state index contributed by atoms with van der Waals surface area (Å²) in [6, 6.07) is 12.1. The van der Waals surface area contributed by atoms with Gasteiger partial charge in [0.1, 0.15) is 11.6 Å². The van der Waals surface area contributed by atoms with Crippen LogP contribution in [-0.2, 0) is 17.8 Å². The second kappa shape index (κ2) is 11.0. The number of halogens is 1. The second-order valence-electron chi connectivity index (χ2n) is 7.64. The number of unbranched alkanes of at least 4 members (excludes halogenated alkanes) is 1. The molecule has 6 heteroatoms. The number of allylic oxidation sites excluding steroid dienone is 1. The van der Waals surface area contributed by atoms with Crippen molar-refractivity contribution in [1.82, 2.24) is 14.9 Å². The van der Waals surface area contributed by atoms with Crippen LogP contribution in [0.15, 0.2) is 48.6 Å². The van der Waals surface area contributed by atoms with Crippen LogP contribution in [0.25, 0.3) is 11.0 Å². The number of imidazole rings is 1. The molecule has 0 fully saturated rings. The highest BCUT2D eigenvalue weighted by Gasteiger charge is 2.10. The average molecular weight is 440 g/mol. The van der Waals surface area contributed by atoms with E-state index in [-0.39, 0.29) is 5.91 Å². The van der Waals surface area contributed by atoms with Crippen LogP contribution < -0.4 is 10.1 Å². The maximum absolute atomic E-state index is 11.7. The molecule has 1 amide bonds. The molecule has 2 aromatic carbocycles. The van der Waals surface area contributed by atoms with Crippen LogP contribution in [0, 0.1) is 13.8 Å². The topological polar surface area (TPSA) is 56.2 Å². The van der Waals surface area contributed by atoms with E-state index in [4.69, 9.17) is 21.3 Å². The summed E-state index contributed by atoms with van der Waals surface area (Å²) >= 11 is 6.23. The molecule has 0 saturated heterocycles. The molecule has 0 spiro atoms. The van der Waals surface area contributed by atoms with Crippen molar-refractivity contribution in [3.05, 3.63) is 70.5 Å². The molecule has 0 aliphatic rings. The van der Waals surface area contributed by atoms with Gasteiger partial charge >= 0.3 is 0 Å². The number of hydrogen-bond donors (Lipinski definition) is 1. The summed E-state index contributed by atoms with van der Waals surface area (Å²) < 4.78 is 8.19. The number of fused-ring (bicyclic) bond motifs is 1. The molecule has 1 N–H and O–H groups in total. The first kappa shape index (κ1) is 22.9. The monoisotopic (exact) mass is 439 g/mol. The fourth-order valence-corrected chi connectivity index (χ4v) is 3.73. The van der Waals surface area contributed by atoms with Crippen molar-refractivity contribution in [3.8, 4) is 5.75 Å². The lowest BCUT2D eigenvalue weighted by Gasteiger charge is -2.12. The van der Waals surface area contributed by atoms with E-state index in [9.17, 15) is 4.79 Å². The Labute approximate surface area is 189 Å². The number of benzene rings is 2. The molecule has 3 aromatic rings. The molecule has 0 atom stereocenters. The minimum atomic E-state index is -0.0741. The summed E-state index contributed by atoms with van der Waals surface area (Å²) in [6.07, 6.45) is 5.87. The molecule has 0 saturated carbocycles. The van der Waals surface area contributed by atoms with E-state index in [1.54, 1.807) is 6.08 Å². The number of nitrogens with one attached hydrogen (secondary N) is 1. The summed E-state index contributed by atoms with van der Waals surface area (Å²) in [5.74, 6) is 1.78. The SMILES string of the molecule is C/C=C/C(=O)NCCc1nc2ccccc2n1CCCCOc1cc(C)c(Cl)c(C)c1. The maximum Gasteiger partial charge on any atom is 0.243 e. The second-order valence-corrected chi connectivity index (χ2v) is 8.01. The van der Waals surface area contributed by atoms with E-state index in [0.29, 0.717) is 19.6 Å². The number of aryl methyl sites for hydroxylation is 3. The predicted octanol–water partition coefficient (Wildman–Crippen LogP) is 5.40. The van der Waals surface area contributed by atoms with Crippen molar-refractivity contribution in [2.24, 2.45) is 0 Å². The fourth-order valence-electron chi connectivity index (χ4n) is 3.63. The maximum atomic E-state index is 11.7. The summed E-state index contributed by atoms with van der Waals surface area (Å²) in [5.41, 5.74) is 4.18. The van der Waals surface area contributed by atoms with Gasteiger partial charge in [-0.05, 0) is 75.1 Å². The van der Waals surface area contributed by atoms with E-state index >= 15 is 0 Å². The van der Waals surface area contributed by atoms with Gasteiger partial charge in [0.15, 0.2) is 0 Å². The zero-order chi connectivity index (χ0) is 22.2. The van der Waals surface area contributed by atoms with Gasteiger partial charge in [-0.3, -0.25) is 4.79 Å². The van der Waals surface area contributed by atoms with E-state index in [1.165, 1.54) is 6.08 Å². The molecule has 1 aromatic heterocycles. The highest BCUT2D eigenvalue weighted by molar-refractivity contribution is 6.32. The van der Waals surface area contributed by atoms with E-state index in [1.807, 2.05) is 51.1 Å². The largest absolute Gasteiger partial charge is 0.494 e. The summed E-state index contributed by atoms with van der Waals surface area (Å²) in [5, 5.41) is 3.70. The van der Waals surface area contributed by atoms with Crippen molar-refractivity contribution in [3.63, 3.8) is 0 Å². The molecule has 0 aliphatic carbocycles. The van der Waals surface area contributed by atoms with Gasteiger partial charge in [0.05, 0.1) is 17.6 Å². The van der Waals surface area contributed by atoms with Gasteiger partial charge in [-0.15, -0.1) is 0 Å². The number of carbonyl (C=O) groups is 1. The lowest BCUT2D eigenvalue weighted by molar-refractivity contribution is -0.116. The Morgan fingerprint density at radius 3 is 2.68 bits per heavy atom. The van der Waals surface area contributed by atoms with Crippen molar-refractivity contribution in [2.45, 2.75) is 46.6 Å². The van der Waals surface area contributed by atoms with Crippen LogP contribution in [0.3, 0.4) is 0 Å². The number of ether oxygens (including phenoxy) is 1. The molecule has 0 radical (unpaired) electrons. The van der Waals surface area contributed by atoms with Crippen LogP contribution in [0.1, 0.15) is 36.7 Å². The zero-order valence-corrected chi connectivity index (χ0v) is 19.2. The van der Waals surface area contributed by atoms with E-state index < -0.39 is 0 Å². The van der Waals surface area contributed by atoms with Crippen molar-refractivity contribution in [2.75, 3.05) is 13.2 Å². The van der Waals surface area contributed by atoms with Crippen molar-refractivity contribution >= 4 is 28.5 Å². The highest BCUT2D eigenvalue weighted by Crippen LogP contribution is 2.26. The van der Waals surface area contributed by atoms with Gasteiger partial charge in [0, 0.05) is 24.5 Å². The molecular formula is C25H30ClN3O2. The Morgan fingerprint density at radius 1 is 1.19 bits per heavy atom. The first-order valence-corrected chi connectivity index (χ1v) is 11.1. The number of rotatable bonds is 10. The number of amides is 1. The summed E-state index contributed by atoms with van der Waals surface area (Å²) in [7, 11) is 0. The normalized spacial score (nSPS) is 11.4. The van der Waals surface area contributed by atoms with Crippen LogP contribution >= 0.6 is 11.6 Å². The van der Waals surface area contributed by atoms with Gasteiger partial charge in [-0.25, -0.2) is 4.98 Å². The van der Waals surface area contributed by atoms with Gasteiger partial charge in [0.2, 0.25) is 5.91 Å². The third-order valence-electron chi connectivity index (χ3n) is 5.15. The van der Waals surface area contributed by atoms with E-state index in [2.05, 4.69) is 16.0 Å².